The van der Waals surface area contributed by atoms with Crippen molar-refractivity contribution in [2.75, 3.05) is 20.6 Å². The zero-order valence-corrected chi connectivity index (χ0v) is 9.22. The number of rotatable bonds is 5. The molecule has 0 saturated heterocycles. The molecule has 1 nitrogen and oxygen atoms in total. The van der Waals surface area contributed by atoms with Gasteiger partial charge in [-0.2, -0.15) is 0 Å². The van der Waals surface area contributed by atoms with Crippen LogP contribution in [0.1, 0.15) is 27.2 Å². The van der Waals surface area contributed by atoms with Gasteiger partial charge in [-0.3, -0.25) is 0 Å². The van der Waals surface area contributed by atoms with E-state index in [0.29, 0.717) is 11.3 Å². The summed E-state index contributed by atoms with van der Waals surface area (Å²) in [6.45, 7) is 11.9. The molecule has 0 radical (unpaired) electrons. The molecule has 12 heavy (non-hydrogen) atoms. The third-order valence-electron chi connectivity index (χ3n) is 2.99. The normalized spacial score (nSPS) is 18.8. The van der Waals surface area contributed by atoms with E-state index >= 15 is 0 Å². The largest absolute Gasteiger partial charge is 0.309 e. The highest BCUT2D eigenvalue weighted by Gasteiger charge is 2.25. The van der Waals surface area contributed by atoms with Crippen molar-refractivity contribution in [2.45, 2.75) is 27.2 Å². The van der Waals surface area contributed by atoms with Gasteiger partial charge in [0.15, 0.2) is 0 Å². The van der Waals surface area contributed by atoms with E-state index in [9.17, 15) is 0 Å². The lowest BCUT2D eigenvalue weighted by molar-refractivity contribution is 0.206. The van der Waals surface area contributed by atoms with E-state index in [1.807, 2.05) is 0 Å². The van der Waals surface area contributed by atoms with Crippen LogP contribution < -0.4 is 0 Å². The van der Waals surface area contributed by atoms with Crippen LogP contribution in [0.5, 0.6) is 0 Å². The molecular weight excluding hydrogens is 146 g/mol. The van der Waals surface area contributed by atoms with Crippen molar-refractivity contribution >= 4 is 0 Å². The summed E-state index contributed by atoms with van der Waals surface area (Å²) in [5, 5.41) is 0. The van der Waals surface area contributed by atoms with Crippen molar-refractivity contribution in [1.29, 1.82) is 0 Å². The molecule has 1 heteroatoms. The number of nitrogens with zero attached hydrogens (tertiary/aromatic N) is 1. The molecular formula is C11H23N. The summed E-state index contributed by atoms with van der Waals surface area (Å²) in [4.78, 5) is 2.24. The fourth-order valence-corrected chi connectivity index (χ4v) is 1.45. The Bertz CT molecular complexity index is 140. The Kier molecular flexibility index (Phi) is 4.54. The van der Waals surface area contributed by atoms with E-state index in [1.54, 1.807) is 0 Å². The molecule has 0 rings (SSSR count). The van der Waals surface area contributed by atoms with Gasteiger partial charge in [0.25, 0.3) is 0 Å². The average molecular weight is 169 g/mol. The fourth-order valence-electron chi connectivity index (χ4n) is 1.45. The average Bonchev–Trinajstić information content (AvgIpc) is 2.02. The summed E-state index contributed by atoms with van der Waals surface area (Å²) < 4.78 is 0. The topological polar surface area (TPSA) is 3.24 Å². The summed E-state index contributed by atoms with van der Waals surface area (Å²) in [5.41, 5.74) is 0.296. The van der Waals surface area contributed by atoms with Crippen molar-refractivity contribution in [2.24, 2.45) is 11.3 Å². The molecule has 0 aromatic heterocycles. The van der Waals surface area contributed by atoms with Gasteiger partial charge in [-0.1, -0.05) is 26.8 Å². The number of hydrogen-bond acceptors (Lipinski definition) is 1. The highest BCUT2D eigenvalue weighted by Crippen LogP contribution is 2.32. The minimum absolute atomic E-state index is 0.296. The minimum atomic E-state index is 0.296. The van der Waals surface area contributed by atoms with Crippen molar-refractivity contribution in [1.82, 2.24) is 4.90 Å². The number of hydrogen-bond donors (Lipinski definition) is 0. The molecule has 0 aromatic carbocycles. The smallest absolute Gasteiger partial charge is 0.000911 e. The maximum atomic E-state index is 3.91. The molecule has 0 aliphatic rings. The third kappa shape index (κ3) is 2.98. The van der Waals surface area contributed by atoms with Gasteiger partial charge in [0.2, 0.25) is 0 Å². The SMILES string of the molecule is C=C[C@@](C)(CC)C(C)CN(C)C. The van der Waals surface area contributed by atoms with Crippen LogP contribution in [-0.2, 0) is 0 Å². The van der Waals surface area contributed by atoms with E-state index in [2.05, 4.69) is 52.4 Å². The monoisotopic (exact) mass is 169 g/mol. The van der Waals surface area contributed by atoms with E-state index in [-0.39, 0.29) is 0 Å². The van der Waals surface area contributed by atoms with E-state index in [0.717, 1.165) is 6.54 Å². The van der Waals surface area contributed by atoms with Gasteiger partial charge >= 0.3 is 0 Å². The Balaban J connectivity index is 4.21. The summed E-state index contributed by atoms with van der Waals surface area (Å²) in [7, 11) is 4.24. The van der Waals surface area contributed by atoms with Gasteiger partial charge < -0.3 is 4.90 Å². The van der Waals surface area contributed by atoms with E-state index in [1.165, 1.54) is 6.42 Å². The fraction of sp³-hybridized carbons (Fsp3) is 0.818. The summed E-state index contributed by atoms with van der Waals surface area (Å²) >= 11 is 0. The van der Waals surface area contributed by atoms with E-state index in [4.69, 9.17) is 0 Å². The van der Waals surface area contributed by atoms with Gasteiger partial charge in [0.05, 0.1) is 0 Å². The molecule has 0 spiro atoms. The van der Waals surface area contributed by atoms with Crippen LogP contribution in [0.4, 0.5) is 0 Å². The van der Waals surface area contributed by atoms with Crippen molar-refractivity contribution in [3.63, 3.8) is 0 Å². The molecule has 2 atom stereocenters. The first-order valence-corrected chi connectivity index (χ1v) is 4.74. The van der Waals surface area contributed by atoms with Crippen LogP contribution in [-0.4, -0.2) is 25.5 Å². The van der Waals surface area contributed by atoms with Crippen LogP contribution in [0.25, 0.3) is 0 Å². The van der Waals surface area contributed by atoms with Gasteiger partial charge in [0, 0.05) is 6.54 Å². The Morgan fingerprint density at radius 1 is 1.50 bits per heavy atom. The predicted molar refractivity (Wildman–Crippen MR) is 56.3 cm³/mol. The standard InChI is InChI=1S/C11H23N/c1-7-11(4,8-2)10(3)9-12(5)6/h7,10H,1,8-9H2,2-6H3/t10?,11-/m0/s1. The highest BCUT2D eigenvalue weighted by atomic mass is 15.1. The Labute approximate surface area is 77.5 Å². The van der Waals surface area contributed by atoms with Crippen LogP contribution >= 0.6 is 0 Å². The molecule has 72 valence electrons. The summed E-state index contributed by atoms with van der Waals surface area (Å²) in [5.74, 6) is 0.676. The van der Waals surface area contributed by atoms with Crippen LogP contribution in [0.15, 0.2) is 12.7 Å². The van der Waals surface area contributed by atoms with E-state index < -0.39 is 0 Å². The molecule has 0 bridgehead atoms. The van der Waals surface area contributed by atoms with Crippen molar-refractivity contribution in [3.05, 3.63) is 12.7 Å². The lowest BCUT2D eigenvalue weighted by atomic mass is 9.76. The lowest BCUT2D eigenvalue weighted by Gasteiger charge is -2.33. The zero-order chi connectivity index (χ0) is 9.78. The quantitative estimate of drug-likeness (QED) is 0.572. The van der Waals surface area contributed by atoms with Crippen LogP contribution in [0, 0.1) is 11.3 Å². The zero-order valence-electron chi connectivity index (χ0n) is 9.22. The van der Waals surface area contributed by atoms with Gasteiger partial charge in [0.1, 0.15) is 0 Å². The molecule has 0 N–H and O–H groups in total. The molecule has 0 aromatic rings. The lowest BCUT2D eigenvalue weighted by Crippen LogP contribution is -2.31. The highest BCUT2D eigenvalue weighted by molar-refractivity contribution is 4.94. The van der Waals surface area contributed by atoms with Crippen molar-refractivity contribution < 1.29 is 0 Å². The molecule has 0 fully saturated rings. The molecule has 0 heterocycles. The Morgan fingerprint density at radius 3 is 2.25 bits per heavy atom. The third-order valence-corrected chi connectivity index (χ3v) is 2.99. The maximum absolute atomic E-state index is 3.91. The second kappa shape index (κ2) is 4.66. The molecule has 0 amide bonds. The van der Waals surface area contributed by atoms with Gasteiger partial charge in [-0.05, 0) is 31.8 Å². The first-order chi connectivity index (χ1) is 5.46. The summed E-state index contributed by atoms with van der Waals surface area (Å²) in [6, 6.07) is 0. The second-order valence-electron chi connectivity index (χ2n) is 4.23. The molecule has 0 saturated carbocycles. The van der Waals surface area contributed by atoms with Gasteiger partial charge in [-0.25, -0.2) is 0 Å². The summed E-state index contributed by atoms with van der Waals surface area (Å²) in [6.07, 6.45) is 3.27. The maximum Gasteiger partial charge on any atom is 0.000911 e. The Hall–Kier alpha value is -0.300. The van der Waals surface area contributed by atoms with Crippen molar-refractivity contribution in [3.8, 4) is 0 Å². The second-order valence-corrected chi connectivity index (χ2v) is 4.23. The van der Waals surface area contributed by atoms with Crippen LogP contribution in [0.2, 0.25) is 0 Å². The molecule has 0 aliphatic heterocycles. The first-order valence-electron chi connectivity index (χ1n) is 4.74. The first kappa shape index (κ1) is 11.7. The van der Waals surface area contributed by atoms with Crippen LogP contribution in [0.3, 0.4) is 0 Å². The Morgan fingerprint density at radius 2 is 2.00 bits per heavy atom. The minimum Gasteiger partial charge on any atom is -0.309 e. The van der Waals surface area contributed by atoms with Gasteiger partial charge in [-0.15, -0.1) is 6.58 Å². The predicted octanol–water partition coefficient (Wildman–Crippen LogP) is 2.79. The molecule has 1 unspecified atom stereocenters. The number of allylic oxidation sites excluding steroid dienone is 1. The molecule has 0 aliphatic carbocycles.